The monoisotopic (exact) mass is 370 g/mol. The first-order valence-electron chi connectivity index (χ1n) is 8.33. The van der Waals surface area contributed by atoms with Gasteiger partial charge in [0, 0.05) is 17.2 Å². The molecule has 0 N–H and O–H groups in total. The SMILES string of the molecule is [C-]#[N+]C(C#N)=C1c2ccccc2-c2c(C(=O)OCCOC(=O)C=C)cccc21. The highest BCUT2D eigenvalue weighted by Gasteiger charge is 2.30. The largest absolute Gasteiger partial charge is 0.459 e. The third-order valence-corrected chi connectivity index (χ3v) is 4.20. The van der Waals surface area contributed by atoms with Crippen molar-refractivity contribution in [2.75, 3.05) is 13.2 Å². The minimum Gasteiger partial charge on any atom is -0.459 e. The second-order valence-electron chi connectivity index (χ2n) is 5.73. The lowest BCUT2D eigenvalue weighted by Crippen LogP contribution is -2.13. The van der Waals surface area contributed by atoms with Gasteiger partial charge in [-0.1, -0.05) is 43.0 Å². The lowest BCUT2D eigenvalue weighted by Gasteiger charge is -2.10. The number of benzene rings is 2. The van der Waals surface area contributed by atoms with Gasteiger partial charge in [-0.25, -0.2) is 19.7 Å². The standard InChI is InChI=1S/C22H14N2O4/c1-3-19(25)27-11-12-28-22(26)17-10-6-9-16-20(17)14-7-4-5-8-15(14)21(16)18(13-23)24-2/h3-10H,1,11-12H2. The maximum Gasteiger partial charge on any atom is 0.338 e. The highest BCUT2D eigenvalue weighted by molar-refractivity contribution is 6.10. The van der Waals surface area contributed by atoms with E-state index in [1.165, 1.54) is 0 Å². The fourth-order valence-corrected chi connectivity index (χ4v) is 3.09. The summed E-state index contributed by atoms with van der Waals surface area (Å²) in [7, 11) is 0. The third-order valence-electron chi connectivity index (χ3n) is 4.20. The molecule has 0 radical (unpaired) electrons. The molecule has 1 aliphatic carbocycles. The Morgan fingerprint density at radius 1 is 1.07 bits per heavy atom. The molecular weight excluding hydrogens is 356 g/mol. The van der Waals surface area contributed by atoms with Crippen molar-refractivity contribution in [2.45, 2.75) is 0 Å². The lowest BCUT2D eigenvalue weighted by atomic mass is 9.99. The van der Waals surface area contributed by atoms with Crippen molar-refractivity contribution in [1.29, 1.82) is 5.26 Å². The molecule has 1 aliphatic rings. The minimum atomic E-state index is -0.594. The Hall–Kier alpha value is -4.16. The van der Waals surface area contributed by atoms with Crippen LogP contribution in [0, 0.1) is 17.9 Å². The summed E-state index contributed by atoms with van der Waals surface area (Å²) in [6.45, 7) is 10.4. The average Bonchev–Trinajstić information content (AvgIpc) is 3.06. The summed E-state index contributed by atoms with van der Waals surface area (Å²) in [6, 6.07) is 14.3. The summed E-state index contributed by atoms with van der Waals surface area (Å²) in [5.41, 5.74) is 3.54. The number of nitrogens with zero attached hydrogens (tertiary/aromatic N) is 2. The molecule has 6 nitrogen and oxygen atoms in total. The van der Waals surface area contributed by atoms with Crippen molar-refractivity contribution in [2.24, 2.45) is 0 Å². The van der Waals surface area contributed by atoms with Crippen LogP contribution in [-0.4, -0.2) is 25.2 Å². The zero-order valence-electron chi connectivity index (χ0n) is 14.8. The van der Waals surface area contributed by atoms with Crippen molar-refractivity contribution in [1.82, 2.24) is 0 Å². The van der Waals surface area contributed by atoms with Crippen LogP contribution in [0.5, 0.6) is 0 Å². The van der Waals surface area contributed by atoms with Gasteiger partial charge in [0.25, 0.3) is 5.70 Å². The van der Waals surface area contributed by atoms with E-state index in [-0.39, 0.29) is 18.9 Å². The molecule has 0 heterocycles. The molecule has 0 aliphatic heterocycles. The average molecular weight is 370 g/mol. The lowest BCUT2D eigenvalue weighted by molar-refractivity contribution is -0.138. The number of allylic oxidation sites excluding steroid dienone is 1. The van der Waals surface area contributed by atoms with Crippen molar-refractivity contribution < 1.29 is 19.1 Å². The number of ether oxygens (including phenoxy) is 2. The smallest absolute Gasteiger partial charge is 0.338 e. The van der Waals surface area contributed by atoms with E-state index in [1.807, 2.05) is 30.3 Å². The first-order chi connectivity index (χ1) is 13.6. The second kappa shape index (κ2) is 8.03. The van der Waals surface area contributed by atoms with Crippen LogP contribution < -0.4 is 0 Å². The second-order valence-corrected chi connectivity index (χ2v) is 5.73. The van der Waals surface area contributed by atoms with Crippen molar-refractivity contribution in [3.63, 3.8) is 0 Å². The van der Waals surface area contributed by atoms with Crippen LogP contribution in [0.1, 0.15) is 21.5 Å². The van der Waals surface area contributed by atoms with Crippen LogP contribution in [-0.2, 0) is 14.3 Å². The number of esters is 2. The molecule has 0 spiro atoms. The van der Waals surface area contributed by atoms with Crippen LogP contribution in [0.4, 0.5) is 0 Å². The zero-order chi connectivity index (χ0) is 20.1. The molecule has 2 aromatic carbocycles. The van der Waals surface area contributed by atoms with E-state index in [0.29, 0.717) is 22.3 Å². The Kier molecular flexibility index (Phi) is 5.34. The summed E-state index contributed by atoms with van der Waals surface area (Å²) in [4.78, 5) is 27.0. The predicted octanol–water partition coefficient (Wildman–Crippen LogP) is 3.76. The number of rotatable bonds is 5. The van der Waals surface area contributed by atoms with E-state index in [2.05, 4.69) is 11.4 Å². The van der Waals surface area contributed by atoms with Gasteiger partial charge in [-0.15, -0.1) is 0 Å². The van der Waals surface area contributed by atoms with Gasteiger partial charge in [-0.05, 0) is 22.8 Å². The Morgan fingerprint density at radius 3 is 2.43 bits per heavy atom. The molecule has 3 rings (SSSR count). The molecule has 2 aromatic rings. The van der Waals surface area contributed by atoms with Gasteiger partial charge in [-0.3, -0.25) is 0 Å². The Balaban J connectivity index is 1.99. The Morgan fingerprint density at radius 2 is 1.75 bits per heavy atom. The molecule has 0 atom stereocenters. The number of carbonyl (C=O) groups excluding carboxylic acids is 2. The maximum absolute atomic E-state index is 12.6. The molecule has 0 aromatic heterocycles. The van der Waals surface area contributed by atoms with Crippen LogP contribution in [0.2, 0.25) is 0 Å². The van der Waals surface area contributed by atoms with Gasteiger partial charge in [0.1, 0.15) is 13.2 Å². The number of hydrogen-bond donors (Lipinski definition) is 0. The van der Waals surface area contributed by atoms with Crippen molar-refractivity contribution in [3.05, 3.63) is 88.9 Å². The highest BCUT2D eigenvalue weighted by atomic mass is 16.6. The zero-order valence-corrected chi connectivity index (χ0v) is 14.8. The van der Waals surface area contributed by atoms with Gasteiger partial charge in [0.05, 0.1) is 18.2 Å². The number of carbonyl (C=O) groups is 2. The predicted molar refractivity (Wildman–Crippen MR) is 102 cm³/mol. The summed E-state index contributed by atoms with van der Waals surface area (Å²) in [5.74, 6) is -1.17. The molecule has 0 saturated carbocycles. The van der Waals surface area contributed by atoms with E-state index in [9.17, 15) is 14.9 Å². The number of hydrogen-bond acceptors (Lipinski definition) is 5. The van der Waals surface area contributed by atoms with Gasteiger partial charge in [-0.2, -0.15) is 0 Å². The van der Waals surface area contributed by atoms with Gasteiger partial charge < -0.3 is 9.47 Å². The third kappa shape index (κ3) is 3.27. The number of nitriles is 1. The van der Waals surface area contributed by atoms with Gasteiger partial charge >= 0.3 is 11.9 Å². The maximum atomic E-state index is 12.6. The van der Waals surface area contributed by atoms with Crippen LogP contribution >= 0.6 is 0 Å². The molecule has 0 amide bonds. The summed E-state index contributed by atoms with van der Waals surface area (Å²) in [6.07, 6.45) is 1.03. The molecule has 0 saturated heterocycles. The molecule has 0 bridgehead atoms. The molecule has 28 heavy (non-hydrogen) atoms. The Bertz CT molecular complexity index is 1080. The first kappa shape index (κ1) is 18.6. The van der Waals surface area contributed by atoms with E-state index in [1.54, 1.807) is 18.2 Å². The van der Waals surface area contributed by atoms with Crippen LogP contribution in [0.25, 0.3) is 21.5 Å². The van der Waals surface area contributed by atoms with Crippen molar-refractivity contribution >= 4 is 17.5 Å². The molecule has 136 valence electrons. The summed E-state index contributed by atoms with van der Waals surface area (Å²) >= 11 is 0. The van der Waals surface area contributed by atoms with Crippen molar-refractivity contribution in [3.8, 4) is 17.2 Å². The summed E-state index contributed by atoms with van der Waals surface area (Å²) in [5, 5.41) is 9.36. The Labute approximate surface area is 161 Å². The van der Waals surface area contributed by atoms with Crippen LogP contribution in [0.15, 0.2) is 60.8 Å². The normalized spacial score (nSPS) is 12.6. The van der Waals surface area contributed by atoms with Gasteiger partial charge in [0.2, 0.25) is 0 Å². The minimum absolute atomic E-state index is 0.0342. The summed E-state index contributed by atoms with van der Waals surface area (Å²) < 4.78 is 10.0. The fraction of sp³-hybridized carbons (Fsp3) is 0.0909. The van der Waals surface area contributed by atoms with E-state index in [4.69, 9.17) is 16.0 Å². The fourth-order valence-electron chi connectivity index (χ4n) is 3.09. The van der Waals surface area contributed by atoms with Gasteiger partial charge in [0.15, 0.2) is 0 Å². The highest BCUT2D eigenvalue weighted by Crippen LogP contribution is 2.47. The molecule has 0 unspecified atom stereocenters. The van der Waals surface area contributed by atoms with E-state index < -0.39 is 11.9 Å². The molecule has 0 fully saturated rings. The van der Waals surface area contributed by atoms with E-state index in [0.717, 1.165) is 17.2 Å². The molecule has 6 heteroatoms. The van der Waals surface area contributed by atoms with E-state index >= 15 is 0 Å². The van der Waals surface area contributed by atoms with Crippen LogP contribution in [0.3, 0.4) is 0 Å². The quantitative estimate of drug-likeness (QED) is 0.225. The number of fused-ring (bicyclic) bond motifs is 3. The molecular formula is C22H14N2O4. The topological polar surface area (TPSA) is 80.8 Å². The first-order valence-corrected chi connectivity index (χ1v) is 8.33.